The first-order valence-electron chi connectivity index (χ1n) is 12.5. The Hall–Kier alpha value is -3.14. The number of rotatable bonds is 12. The molecule has 2 aliphatic carbocycles. The summed E-state index contributed by atoms with van der Waals surface area (Å²) in [6, 6.07) is 10.2. The minimum atomic E-state index is -0.740. The highest BCUT2D eigenvalue weighted by molar-refractivity contribution is 5.87. The lowest BCUT2D eigenvalue weighted by Gasteiger charge is -2.33. The predicted octanol–water partition coefficient (Wildman–Crippen LogP) is 6.04. The zero-order chi connectivity index (χ0) is 24.0. The molecule has 4 heteroatoms. The summed E-state index contributed by atoms with van der Waals surface area (Å²) in [4.78, 5) is 22.7. The third kappa shape index (κ3) is 8.66. The van der Waals surface area contributed by atoms with Gasteiger partial charge in [0.25, 0.3) is 0 Å². The summed E-state index contributed by atoms with van der Waals surface area (Å²) in [6.45, 7) is 0.630. The Morgan fingerprint density at radius 3 is 2.65 bits per heavy atom. The lowest BCUT2D eigenvalue weighted by atomic mass is 9.71. The maximum atomic E-state index is 12.1. The fourth-order valence-electron chi connectivity index (χ4n) is 4.99. The summed E-state index contributed by atoms with van der Waals surface area (Å²) < 4.78 is 0. The van der Waals surface area contributed by atoms with Crippen molar-refractivity contribution in [3.8, 4) is 0 Å². The number of fused-ring (bicyclic) bond motifs is 1. The Kier molecular flexibility index (Phi) is 10.6. The third-order valence-corrected chi connectivity index (χ3v) is 6.73. The molecule has 0 heterocycles. The van der Waals surface area contributed by atoms with E-state index in [1.165, 1.54) is 24.8 Å². The van der Waals surface area contributed by atoms with Crippen LogP contribution in [-0.2, 0) is 16.0 Å². The average Bonchev–Trinajstić information content (AvgIpc) is 3.31. The number of nitrogens with one attached hydrogen (secondary N) is 1. The number of benzene rings is 1. The fraction of sp³-hybridized carbons (Fsp3) is 0.400. The molecule has 1 amide bonds. The van der Waals surface area contributed by atoms with E-state index in [-0.39, 0.29) is 12.3 Å². The van der Waals surface area contributed by atoms with Crippen molar-refractivity contribution >= 4 is 11.9 Å². The van der Waals surface area contributed by atoms with Crippen LogP contribution >= 0.6 is 0 Å². The van der Waals surface area contributed by atoms with E-state index in [0.717, 1.165) is 12.8 Å². The lowest BCUT2D eigenvalue weighted by molar-refractivity contribution is -0.137. The first-order valence-corrected chi connectivity index (χ1v) is 12.5. The van der Waals surface area contributed by atoms with E-state index >= 15 is 0 Å². The summed E-state index contributed by atoms with van der Waals surface area (Å²) in [5.41, 5.74) is 1.22. The highest BCUT2D eigenvalue weighted by Gasteiger charge is 2.36. The zero-order valence-electron chi connectivity index (χ0n) is 19.9. The van der Waals surface area contributed by atoms with Crippen LogP contribution in [0, 0.1) is 23.7 Å². The molecule has 4 atom stereocenters. The molecule has 1 aromatic carbocycles. The monoisotopic (exact) mass is 459 g/mol. The lowest BCUT2D eigenvalue weighted by Crippen LogP contribution is -2.26. The number of hydrogen-bond acceptors (Lipinski definition) is 2. The second kappa shape index (κ2) is 14.2. The van der Waals surface area contributed by atoms with Crippen LogP contribution in [-0.4, -0.2) is 23.5 Å². The standard InChI is InChI=1S/C30H37NO3/c32-29(31-23-22-24-12-5-4-6-13-24)18-10-9-16-27-25(20-21-26-15-11-17-28(26)27)14-7-2-1-3-8-19-30(33)34/h1-2,4-7,9-10,12-14,16,18,20-21,25-28H,3,8,11,15,17,19,22-23H2,(H,31,32)(H,33,34)/b2-1+,14-7+,16-9-,18-10+/t25-,26+,27+,28-/m1/s1. The van der Waals surface area contributed by atoms with Gasteiger partial charge in [-0.25, -0.2) is 0 Å². The Labute approximate surface area is 203 Å². The van der Waals surface area contributed by atoms with E-state index in [1.54, 1.807) is 6.08 Å². The SMILES string of the molecule is O=C(O)CCC/C=C/C=C/[C@@H]1C=C[C@@H]2CCC[C@H]2[C@H]1/C=C\C=C\C(=O)NCCc1ccccc1. The molecule has 0 bridgehead atoms. The fourth-order valence-corrected chi connectivity index (χ4v) is 4.99. The van der Waals surface area contributed by atoms with Crippen LogP contribution in [0.15, 0.2) is 91.1 Å². The molecule has 34 heavy (non-hydrogen) atoms. The van der Waals surface area contributed by atoms with Crippen molar-refractivity contribution in [1.82, 2.24) is 5.32 Å². The number of unbranched alkanes of at least 4 members (excludes halogenated alkanes) is 1. The van der Waals surface area contributed by atoms with E-state index in [9.17, 15) is 9.59 Å². The van der Waals surface area contributed by atoms with Gasteiger partial charge in [-0.3, -0.25) is 9.59 Å². The number of carbonyl (C=O) groups is 2. The molecule has 4 nitrogen and oxygen atoms in total. The molecule has 0 spiro atoms. The maximum absolute atomic E-state index is 12.1. The molecule has 0 radical (unpaired) electrons. The Morgan fingerprint density at radius 1 is 1.00 bits per heavy atom. The quantitative estimate of drug-likeness (QED) is 0.173. The van der Waals surface area contributed by atoms with Crippen molar-refractivity contribution in [3.63, 3.8) is 0 Å². The van der Waals surface area contributed by atoms with Gasteiger partial charge in [-0.05, 0) is 55.4 Å². The smallest absolute Gasteiger partial charge is 0.303 e. The zero-order valence-corrected chi connectivity index (χ0v) is 19.9. The molecule has 2 N–H and O–H groups in total. The molecule has 1 saturated carbocycles. The molecule has 0 saturated heterocycles. The minimum Gasteiger partial charge on any atom is -0.481 e. The van der Waals surface area contributed by atoms with Gasteiger partial charge in [-0.15, -0.1) is 0 Å². The molecule has 0 aliphatic heterocycles. The van der Waals surface area contributed by atoms with E-state index in [2.05, 4.69) is 47.8 Å². The van der Waals surface area contributed by atoms with Crippen LogP contribution in [0.2, 0.25) is 0 Å². The minimum absolute atomic E-state index is 0.0626. The van der Waals surface area contributed by atoms with Gasteiger partial charge in [0.1, 0.15) is 0 Å². The van der Waals surface area contributed by atoms with Crippen LogP contribution in [0.25, 0.3) is 0 Å². The second-order valence-corrected chi connectivity index (χ2v) is 9.17. The van der Waals surface area contributed by atoms with Gasteiger partial charge in [0.2, 0.25) is 5.91 Å². The molecule has 1 aromatic rings. The van der Waals surface area contributed by atoms with Gasteiger partial charge in [0, 0.05) is 25.0 Å². The molecule has 2 aliphatic rings. The van der Waals surface area contributed by atoms with Gasteiger partial charge in [0.05, 0.1) is 0 Å². The molecule has 1 fully saturated rings. The van der Waals surface area contributed by atoms with Crippen LogP contribution in [0.1, 0.15) is 44.1 Å². The highest BCUT2D eigenvalue weighted by Crippen LogP contribution is 2.45. The van der Waals surface area contributed by atoms with Crippen molar-refractivity contribution in [2.75, 3.05) is 6.54 Å². The largest absolute Gasteiger partial charge is 0.481 e. The predicted molar refractivity (Wildman–Crippen MR) is 138 cm³/mol. The number of amides is 1. The van der Waals surface area contributed by atoms with E-state index in [0.29, 0.717) is 36.6 Å². The molecular formula is C30H37NO3. The molecular weight excluding hydrogens is 422 g/mol. The van der Waals surface area contributed by atoms with Crippen LogP contribution in [0.5, 0.6) is 0 Å². The molecule has 0 unspecified atom stereocenters. The topological polar surface area (TPSA) is 66.4 Å². The maximum Gasteiger partial charge on any atom is 0.303 e. The van der Waals surface area contributed by atoms with Gasteiger partial charge in [0.15, 0.2) is 0 Å². The summed E-state index contributed by atoms with van der Waals surface area (Å²) in [7, 11) is 0. The van der Waals surface area contributed by atoms with Gasteiger partial charge < -0.3 is 10.4 Å². The number of carboxylic acids is 1. The number of carboxylic acid groups (broad SMARTS) is 1. The summed E-state index contributed by atoms with van der Waals surface area (Å²) in [6.07, 6.45) is 27.2. The Morgan fingerprint density at radius 2 is 1.82 bits per heavy atom. The van der Waals surface area contributed by atoms with Gasteiger partial charge in [-0.1, -0.05) is 91.4 Å². The number of allylic oxidation sites excluding steroid dienone is 9. The molecule has 0 aromatic heterocycles. The molecule has 3 rings (SSSR count). The second-order valence-electron chi connectivity index (χ2n) is 9.17. The van der Waals surface area contributed by atoms with Crippen molar-refractivity contribution < 1.29 is 14.7 Å². The Balaban J connectivity index is 1.49. The van der Waals surface area contributed by atoms with Gasteiger partial charge in [-0.2, -0.15) is 0 Å². The van der Waals surface area contributed by atoms with Crippen LogP contribution in [0.3, 0.4) is 0 Å². The van der Waals surface area contributed by atoms with Crippen molar-refractivity contribution in [1.29, 1.82) is 0 Å². The van der Waals surface area contributed by atoms with E-state index in [4.69, 9.17) is 5.11 Å². The van der Waals surface area contributed by atoms with E-state index < -0.39 is 5.97 Å². The van der Waals surface area contributed by atoms with Crippen molar-refractivity contribution in [2.24, 2.45) is 23.7 Å². The highest BCUT2D eigenvalue weighted by atomic mass is 16.4. The number of aliphatic carboxylic acids is 1. The molecule has 180 valence electrons. The summed E-state index contributed by atoms with van der Waals surface area (Å²) >= 11 is 0. The summed E-state index contributed by atoms with van der Waals surface area (Å²) in [5, 5.41) is 11.7. The van der Waals surface area contributed by atoms with Crippen molar-refractivity contribution in [3.05, 3.63) is 96.7 Å². The normalized spacial score (nSPS) is 24.5. The Bertz CT molecular complexity index is 926. The van der Waals surface area contributed by atoms with Crippen molar-refractivity contribution in [2.45, 2.75) is 44.9 Å². The number of hydrogen-bond donors (Lipinski definition) is 2. The summed E-state index contributed by atoms with van der Waals surface area (Å²) in [5.74, 6) is 1.29. The first kappa shape index (κ1) is 25.5. The first-order chi connectivity index (χ1) is 16.6. The van der Waals surface area contributed by atoms with Crippen LogP contribution in [0.4, 0.5) is 0 Å². The van der Waals surface area contributed by atoms with Gasteiger partial charge >= 0.3 is 5.97 Å². The third-order valence-electron chi connectivity index (χ3n) is 6.73. The average molecular weight is 460 g/mol. The van der Waals surface area contributed by atoms with E-state index in [1.807, 2.05) is 42.5 Å². The number of carbonyl (C=O) groups excluding carboxylic acids is 1. The van der Waals surface area contributed by atoms with Crippen LogP contribution < -0.4 is 5.32 Å².